The normalized spacial score (nSPS) is 19.8. The number of ether oxygens (including phenoxy) is 1. The molecule has 1 aromatic rings. The Bertz CT molecular complexity index is 652. The third kappa shape index (κ3) is 9.97. The second-order valence-corrected chi connectivity index (χ2v) is 9.06. The summed E-state index contributed by atoms with van der Waals surface area (Å²) in [5.41, 5.74) is 0.555. The SMILES string of the molecule is CCNC(=NCc1csc(CC)n1)NC1CCC(NC(=O)OC(C)(C)C)CC1.I. The van der Waals surface area contributed by atoms with Crippen LogP contribution in [0.5, 0.6) is 0 Å². The molecule has 9 heteroatoms. The van der Waals surface area contributed by atoms with Gasteiger partial charge in [0.05, 0.1) is 17.2 Å². The van der Waals surface area contributed by atoms with Crippen molar-refractivity contribution in [3.63, 3.8) is 0 Å². The van der Waals surface area contributed by atoms with E-state index in [4.69, 9.17) is 4.74 Å². The van der Waals surface area contributed by atoms with Crippen LogP contribution >= 0.6 is 35.3 Å². The van der Waals surface area contributed by atoms with E-state index in [-0.39, 0.29) is 36.1 Å². The fourth-order valence-electron chi connectivity index (χ4n) is 3.11. The molecule has 2 rings (SSSR count). The average molecular weight is 538 g/mol. The summed E-state index contributed by atoms with van der Waals surface area (Å²) >= 11 is 1.69. The van der Waals surface area contributed by atoms with Crippen molar-refractivity contribution in [3.05, 3.63) is 16.1 Å². The Morgan fingerprint density at radius 2 is 1.83 bits per heavy atom. The van der Waals surface area contributed by atoms with E-state index in [0.29, 0.717) is 12.6 Å². The first-order valence-electron chi connectivity index (χ1n) is 10.3. The van der Waals surface area contributed by atoms with E-state index in [1.807, 2.05) is 20.8 Å². The minimum absolute atomic E-state index is 0. The zero-order chi connectivity index (χ0) is 20.6. The highest BCUT2D eigenvalue weighted by Gasteiger charge is 2.25. The van der Waals surface area contributed by atoms with Crippen molar-refractivity contribution >= 4 is 47.4 Å². The van der Waals surface area contributed by atoms with Gasteiger partial charge in [0, 0.05) is 24.0 Å². The predicted octanol–water partition coefficient (Wildman–Crippen LogP) is 4.21. The van der Waals surface area contributed by atoms with E-state index in [1.165, 1.54) is 0 Å². The van der Waals surface area contributed by atoms with Gasteiger partial charge >= 0.3 is 6.09 Å². The number of nitrogens with one attached hydrogen (secondary N) is 3. The maximum atomic E-state index is 11.9. The monoisotopic (exact) mass is 537 g/mol. The van der Waals surface area contributed by atoms with E-state index < -0.39 is 5.60 Å². The fraction of sp³-hybridized carbons (Fsp3) is 0.750. The first-order valence-corrected chi connectivity index (χ1v) is 11.1. The Kier molecular flexibility index (Phi) is 11.2. The Morgan fingerprint density at radius 1 is 1.21 bits per heavy atom. The maximum absolute atomic E-state index is 11.9. The van der Waals surface area contributed by atoms with Crippen molar-refractivity contribution in [1.29, 1.82) is 0 Å². The molecule has 0 radical (unpaired) electrons. The van der Waals surface area contributed by atoms with Crippen molar-refractivity contribution in [2.24, 2.45) is 4.99 Å². The molecule has 1 aromatic heterocycles. The summed E-state index contributed by atoms with van der Waals surface area (Å²) < 4.78 is 5.35. The van der Waals surface area contributed by atoms with E-state index in [1.54, 1.807) is 11.3 Å². The van der Waals surface area contributed by atoms with E-state index >= 15 is 0 Å². The number of nitrogens with zero attached hydrogens (tertiary/aromatic N) is 2. The van der Waals surface area contributed by atoms with Crippen LogP contribution in [0.1, 0.15) is 71.0 Å². The second kappa shape index (κ2) is 12.6. The topological polar surface area (TPSA) is 87.6 Å². The van der Waals surface area contributed by atoms with Gasteiger partial charge in [0.25, 0.3) is 0 Å². The van der Waals surface area contributed by atoms with Gasteiger partial charge in [0.2, 0.25) is 0 Å². The van der Waals surface area contributed by atoms with E-state index in [2.05, 4.69) is 45.2 Å². The van der Waals surface area contributed by atoms with Crippen LogP contribution in [0.3, 0.4) is 0 Å². The number of aromatic nitrogens is 1. The standard InChI is InChI=1S/C20H35N5O2S.HI/c1-6-17-23-16(13-28-17)12-22-18(21-7-2)24-14-8-10-15(11-9-14)25-19(26)27-20(3,4)5;/h13-15H,6-12H2,1-5H3,(H,25,26)(H2,21,22,24);1H. The van der Waals surface area contributed by atoms with Gasteiger partial charge in [0.1, 0.15) is 5.60 Å². The lowest BCUT2D eigenvalue weighted by Gasteiger charge is -2.31. The largest absolute Gasteiger partial charge is 0.444 e. The Balaban J connectivity index is 0.00000420. The third-order valence-corrected chi connectivity index (χ3v) is 5.48. The summed E-state index contributed by atoms with van der Waals surface area (Å²) in [6.45, 7) is 11.2. The number of alkyl carbamates (subject to hydrolysis) is 1. The summed E-state index contributed by atoms with van der Waals surface area (Å²) in [5, 5.41) is 13.1. The van der Waals surface area contributed by atoms with Crippen LogP contribution in [0, 0.1) is 0 Å². The first kappa shape index (κ1) is 25.9. The lowest BCUT2D eigenvalue weighted by molar-refractivity contribution is 0.0490. The van der Waals surface area contributed by atoms with Crippen molar-refractivity contribution in [2.75, 3.05) is 6.54 Å². The predicted molar refractivity (Wildman–Crippen MR) is 130 cm³/mol. The van der Waals surface area contributed by atoms with Gasteiger partial charge in [-0.25, -0.2) is 14.8 Å². The number of hydrogen-bond donors (Lipinski definition) is 3. The quantitative estimate of drug-likeness (QED) is 0.288. The molecule has 1 aliphatic carbocycles. The number of rotatable bonds is 6. The van der Waals surface area contributed by atoms with Crippen LogP contribution in [-0.4, -0.2) is 41.3 Å². The number of carbonyl (C=O) groups excluding carboxylic acids is 1. The highest BCUT2D eigenvalue weighted by Crippen LogP contribution is 2.19. The van der Waals surface area contributed by atoms with Crippen LogP contribution in [0.15, 0.2) is 10.4 Å². The van der Waals surface area contributed by atoms with Crippen LogP contribution in [0.2, 0.25) is 0 Å². The van der Waals surface area contributed by atoms with Gasteiger partial charge in [-0.3, -0.25) is 0 Å². The molecule has 0 bridgehead atoms. The number of hydrogen-bond acceptors (Lipinski definition) is 5. The van der Waals surface area contributed by atoms with Crippen molar-refractivity contribution < 1.29 is 9.53 Å². The Labute approximate surface area is 195 Å². The number of aryl methyl sites for hydroxylation is 1. The van der Waals surface area contributed by atoms with Crippen LogP contribution < -0.4 is 16.0 Å². The molecule has 3 N–H and O–H groups in total. The summed E-state index contributed by atoms with van der Waals surface area (Å²) in [6, 6.07) is 0.533. The van der Waals surface area contributed by atoms with E-state index in [0.717, 1.165) is 55.3 Å². The van der Waals surface area contributed by atoms with Gasteiger partial charge < -0.3 is 20.7 Å². The maximum Gasteiger partial charge on any atom is 0.407 e. The van der Waals surface area contributed by atoms with E-state index in [9.17, 15) is 4.79 Å². The van der Waals surface area contributed by atoms with Crippen molar-refractivity contribution in [2.45, 2.75) is 91.0 Å². The number of guanidine groups is 1. The summed E-state index contributed by atoms with van der Waals surface area (Å²) in [4.78, 5) is 21.2. The molecule has 0 unspecified atom stereocenters. The molecule has 0 aromatic carbocycles. The number of carbonyl (C=O) groups is 1. The molecule has 0 atom stereocenters. The highest BCUT2D eigenvalue weighted by molar-refractivity contribution is 14.0. The second-order valence-electron chi connectivity index (χ2n) is 8.12. The minimum atomic E-state index is -0.463. The molecule has 0 spiro atoms. The molecule has 0 aliphatic heterocycles. The van der Waals surface area contributed by atoms with Crippen molar-refractivity contribution in [1.82, 2.24) is 20.9 Å². The highest BCUT2D eigenvalue weighted by atomic mass is 127. The lowest BCUT2D eigenvalue weighted by Crippen LogP contribution is -2.48. The number of halogens is 1. The molecule has 29 heavy (non-hydrogen) atoms. The molecule has 1 aliphatic rings. The Morgan fingerprint density at radius 3 is 2.34 bits per heavy atom. The zero-order valence-electron chi connectivity index (χ0n) is 18.2. The Hall–Kier alpha value is -1.10. The van der Waals surface area contributed by atoms with Gasteiger partial charge in [0.15, 0.2) is 5.96 Å². The third-order valence-electron chi connectivity index (χ3n) is 4.43. The first-order chi connectivity index (χ1) is 13.3. The average Bonchev–Trinajstić information content (AvgIpc) is 3.08. The molecular weight excluding hydrogens is 501 g/mol. The number of amides is 1. The molecular formula is C20H36IN5O2S. The van der Waals surface area contributed by atoms with Gasteiger partial charge in [-0.05, 0) is 59.8 Å². The molecule has 7 nitrogen and oxygen atoms in total. The van der Waals surface area contributed by atoms with Crippen molar-refractivity contribution in [3.8, 4) is 0 Å². The summed E-state index contributed by atoms with van der Waals surface area (Å²) in [7, 11) is 0. The molecule has 0 saturated heterocycles. The summed E-state index contributed by atoms with van der Waals surface area (Å²) in [5.74, 6) is 0.831. The number of aliphatic imine (C=N–C) groups is 1. The van der Waals surface area contributed by atoms with Gasteiger partial charge in [-0.2, -0.15) is 0 Å². The molecule has 1 heterocycles. The fourth-order valence-corrected chi connectivity index (χ4v) is 3.85. The molecule has 1 amide bonds. The number of thiazole rings is 1. The molecule has 1 fully saturated rings. The molecule has 166 valence electrons. The zero-order valence-corrected chi connectivity index (χ0v) is 21.4. The van der Waals surface area contributed by atoms with Crippen LogP contribution in [0.25, 0.3) is 0 Å². The van der Waals surface area contributed by atoms with Crippen LogP contribution in [-0.2, 0) is 17.7 Å². The smallest absolute Gasteiger partial charge is 0.407 e. The van der Waals surface area contributed by atoms with Crippen LogP contribution in [0.4, 0.5) is 4.79 Å². The minimum Gasteiger partial charge on any atom is -0.444 e. The molecule has 1 saturated carbocycles. The summed E-state index contributed by atoms with van der Waals surface area (Å²) in [6.07, 6.45) is 4.48. The van der Waals surface area contributed by atoms with Gasteiger partial charge in [-0.15, -0.1) is 35.3 Å². The lowest BCUT2D eigenvalue weighted by atomic mass is 9.91. The van der Waals surface area contributed by atoms with Gasteiger partial charge in [-0.1, -0.05) is 6.92 Å².